The molecule has 1 aromatic carbocycles. The van der Waals surface area contributed by atoms with Gasteiger partial charge >= 0.3 is 6.09 Å². The van der Waals surface area contributed by atoms with Gasteiger partial charge in [0.25, 0.3) is 0 Å². The average Bonchev–Trinajstić information content (AvgIpc) is 2.41. The van der Waals surface area contributed by atoms with Crippen molar-refractivity contribution in [1.82, 2.24) is 5.32 Å². The lowest BCUT2D eigenvalue weighted by Gasteiger charge is -2.24. The van der Waals surface area contributed by atoms with E-state index in [1.807, 2.05) is 20.8 Å². The van der Waals surface area contributed by atoms with Gasteiger partial charge in [-0.2, -0.15) is 0 Å². The van der Waals surface area contributed by atoms with Crippen LogP contribution in [-0.2, 0) is 11.2 Å². The zero-order valence-corrected chi connectivity index (χ0v) is 13.5. The highest BCUT2D eigenvalue weighted by atomic mass is 19.1. The van der Waals surface area contributed by atoms with Crippen LogP contribution in [0.2, 0.25) is 0 Å². The van der Waals surface area contributed by atoms with Gasteiger partial charge < -0.3 is 10.1 Å². The topological polar surface area (TPSA) is 50.4 Å². The molecule has 2 rings (SSSR count). The fourth-order valence-electron chi connectivity index (χ4n) is 2.68. The van der Waals surface area contributed by atoms with Gasteiger partial charge in [0.1, 0.15) is 11.4 Å². The molecule has 1 aromatic rings. The number of nitrogens with one attached hydrogen (secondary N) is 2. The van der Waals surface area contributed by atoms with E-state index in [1.165, 1.54) is 12.1 Å². The molecular formula is C17H25FN2O2. The van der Waals surface area contributed by atoms with Crippen molar-refractivity contribution in [3.05, 3.63) is 29.6 Å². The van der Waals surface area contributed by atoms with Gasteiger partial charge in [0.2, 0.25) is 0 Å². The van der Waals surface area contributed by atoms with E-state index < -0.39 is 11.7 Å². The first-order valence-corrected chi connectivity index (χ1v) is 7.82. The highest BCUT2D eigenvalue weighted by Gasteiger charge is 2.19. The molecule has 1 fully saturated rings. The van der Waals surface area contributed by atoms with E-state index in [0.717, 1.165) is 37.9 Å². The molecule has 1 amide bonds. The number of carbonyl (C=O) groups excluding carboxylic acids is 1. The Morgan fingerprint density at radius 1 is 1.45 bits per heavy atom. The van der Waals surface area contributed by atoms with Crippen molar-refractivity contribution in [2.45, 2.75) is 45.6 Å². The second-order valence-corrected chi connectivity index (χ2v) is 6.84. The van der Waals surface area contributed by atoms with Gasteiger partial charge in [-0.25, -0.2) is 9.18 Å². The fraction of sp³-hybridized carbons (Fsp3) is 0.588. The molecular weight excluding hydrogens is 283 g/mol. The Morgan fingerprint density at radius 2 is 2.23 bits per heavy atom. The van der Waals surface area contributed by atoms with Crippen LogP contribution in [0.3, 0.4) is 0 Å². The Kier molecular flexibility index (Phi) is 5.40. The highest BCUT2D eigenvalue weighted by Crippen LogP contribution is 2.24. The Balaban J connectivity index is 2.08. The van der Waals surface area contributed by atoms with Crippen molar-refractivity contribution in [2.75, 3.05) is 18.4 Å². The molecule has 1 unspecified atom stereocenters. The molecule has 0 spiro atoms. The number of ether oxygens (including phenoxy) is 1. The molecule has 1 aliphatic rings. The van der Waals surface area contributed by atoms with E-state index in [9.17, 15) is 9.18 Å². The number of piperidine rings is 1. The molecule has 2 N–H and O–H groups in total. The van der Waals surface area contributed by atoms with Crippen LogP contribution in [0.1, 0.15) is 39.2 Å². The van der Waals surface area contributed by atoms with E-state index in [0.29, 0.717) is 11.6 Å². The molecule has 1 heterocycles. The van der Waals surface area contributed by atoms with E-state index in [2.05, 4.69) is 10.6 Å². The maximum Gasteiger partial charge on any atom is 0.412 e. The van der Waals surface area contributed by atoms with Gasteiger partial charge in [-0.1, -0.05) is 0 Å². The standard InChI is InChI=1S/C17H25FN2O2/c1-17(2,3)22-16(21)20-15-7-6-14(18)10-13(15)9-12-5-4-8-19-11-12/h6-7,10,12,19H,4-5,8-9,11H2,1-3H3,(H,20,21). The number of carbonyl (C=O) groups is 1. The van der Waals surface area contributed by atoms with Gasteiger partial charge in [-0.05, 0) is 82.8 Å². The SMILES string of the molecule is CC(C)(C)OC(=O)Nc1ccc(F)cc1CC1CCCNC1. The maximum absolute atomic E-state index is 13.6. The molecule has 1 saturated heterocycles. The highest BCUT2D eigenvalue weighted by molar-refractivity contribution is 5.85. The molecule has 122 valence electrons. The summed E-state index contributed by atoms with van der Waals surface area (Å²) < 4.78 is 18.8. The number of hydrogen-bond acceptors (Lipinski definition) is 3. The summed E-state index contributed by atoms with van der Waals surface area (Å²) in [5.41, 5.74) is 0.887. The van der Waals surface area contributed by atoms with E-state index in [-0.39, 0.29) is 5.82 Å². The summed E-state index contributed by atoms with van der Waals surface area (Å²) in [6.45, 7) is 7.41. The summed E-state index contributed by atoms with van der Waals surface area (Å²) in [5, 5.41) is 6.09. The van der Waals surface area contributed by atoms with Crippen molar-refractivity contribution in [1.29, 1.82) is 0 Å². The number of anilines is 1. The average molecular weight is 308 g/mol. The predicted molar refractivity (Wildman–Crippen MR) is 85.6 cm³/mol. The zero-order valence-electron chi connectivity index (χ0n) is 13.5. The monoisotopic (exact) mass is 308 g/mol. The maximum atomic E-state index is 13.6. The summed E-state index contributed by atoms with van der Waals surface area (Å²) in [5.74, 6) is 0.184. The number of halogens is 1. The fourth-order valence-corrected chi connectivity index (χ4v) is 2.68. The summed E-state index contributed by atoms with van der Waals surface area (Å²) in [6.07, 6.45) is 2.49. The third-order valence-electron chi connectivity index (χ3n) is 3.61. The van der Waals surface area contributed by atoms with Gasteiger partial charge in [-0.15, -0.1) is 0 Å². The van der Waals surface area contributed by atoms with Crippen molar-refractivity contribution in [2.24, 2.45) is 5.92 Å². The molecule has 0 aliphatic carbocycles. The van der Waals surface area contributed by atoms with Crippen molar-refractivity contribution < 1.29 is 13.9 Å². The van der Waals surface area contributed by atoms with E-state index in [4.69, 9.17) is 4.74 Å². The second kappa shape index (κ2) is 7.09. The minimum atomic E-state index is -0.558. The molecule has 1 aliphatic heterocycles. The smallest absolute Gasteiger partial charge is 0.412 e. The van der Waals surface area contributed by atoms with Crippen LogP contribution < -0.4 is 10.6 Å². The van der Waals surface area contributed by atoms with Crippen LogP contribution in [0.4, 0.5) is 14.9 Å². The lowest BCUT2D eigenvalue weighted by atomic mass is 9.91. The second-order valence-electron chi connectivity index (χ2n) is 6.84. The number of rotatable bonds is 3. The summed E-state index contributed by atoms with van der Waals surface area (Å²) in [7, 11) is 0. The summed E-state index contributed by atoms with van der Waals surface area (Å²) in [6, 6.07) is 4.46. The van der Waals surface area contributed by atoms with Crippen LogP contribution in [0, 0.1) is 11.7 Å². The van der Waals surface area contributed by atoms with Crippen molar-refractivity contribution in [3.63, 3.8) is 0 Å². The van der Waals surface area contributed by atoms with Gasteiger partial charge in [0.15, 0.2) is 0 Å². The number of hydrogen-bond donors (Lipinski definition) is 2. The Hall–Kier alpha value is -1.62. The summed E-state index contributed by atoms with van der Waals surface area (Å²) >= 11 is 0. The van der Waals surface area contributed by atoms with E-state index in [1.54, 1.807) is 6.07 Å². The summed E-state index contributed by atoms with van der Waals surface area (Å²) in [4.78, 5) is 11.9. The van der Waals surface area contributed by atoms with Gasteiger partial charge in [0, 0.05) is 5.69 Å². The number of amides is 1. The third-order valence-corrected chi connectivity index (χ3v) is 3.61. The largest absolute Gasteiger partial charge is 0.444 e. The minimum absolute atomic E-state index is 0.284. The van der Waals surface area contributed by atoms with Crippen LogP contribution in [0.15, 0.2) is 18.2 Å². The Morgan fingerprint density at radius 3 is 2.86 bits per heavy atom. The molecule has 4 nitrogen and oxygen atoms in total. The van der Waals surface area contributed by atoms with E-state index >= 15 is 0 Å². The Labute approximate surface area is 131 Å². The quantitative estimate of drug-likeness (QED) is 0.895. The van der Waals surface area contributed by atoms with Crippen molar-refractivity contribution in [3.8, 4) is 0 Å². The van der Waals surface area contributed by atoms with Gasteiger partial charge in [0.05, 0.1) is 0 Å². The van der Waals surface area contributed by atoms with Crippen LogP contribution in [0.5, 0.6) is 0 Å². The van der Waals surface area contributed by atoms with Crippen LogP contribution in [0.25, 0.3) is 0 Å². The molecule has 5 heteroatoms. The molecule has 0 bridgehead atoms. The normalized spacial score (nSPS) is 18.8. The van der Waals surface area contributed by atoms with Crippen molar-refractivity contribution >= 4 is 11.8 Å². The molecule has 22 heavy (non-hydrogen) atoms. The third kappa shape index (κ3) is 5.30. The first-order chi connectivity index (χ1) is 10.3. The zero-order chi connectivity index (χ0) is 16.2. The Bertz CT molecular complexity index is 520. The first kappa shape index (κ1) is 16.7. The molecule has 0 radical (unpaired) electrons. The lowest BCUT2D eigenvalue weighted by molar-refractivity contribution is 0.0635. The predicted octanol–water partition coefficient (Wildman–Crippen LogP) is 3.71. The molecule has 0 saturated carbocycles. The number of benzene rings is 1. The van der Waals surface area contributed by atoms with Crippen LogP contribution >= 0.6 is 0 Å². The molecule has 0 aromatic heterocycles. The lowest BCUT2D eigenvalue weighted by Crippen LogP contribution is -2.31. The van der Waals surface area contributed by atoms with Gasteiger partial charge in [-0.3, -0.25) is 5.32 Å². The minimum Gasteiger partial charge on any atom is -0.444 e. The molecule has 1 atom stereocenters. The van der Waals surface area contributed by atoms with Crippen LogP contribution in [-0.4, -0.2) is 24.8 Å². The first-order valence-electron chi connectivity index (χ1n) is 7.82.